The summed E-state index contributed by atoms with van der Waals surface area (Å²) < 4.78 is 5.63. The molecule has 2 atom stereocenters. The first-order chi connectivity index (χ1) is 7.97. The van der Waals surface area contributed by atoms with Crippen LogP contribution in [-0.2, 0) is 11.2 Å². The number of aromatic hydroxyl groups is 1. The highest BCUT2D eigenvalue weighted by Gasteiger charge is 2.36. The Morgan fingerprint density at radius 3 is 2.53 bits per heavy atom. The maximum Gasteiger partial charge on any atom is 0.115 e. The molecule has 1 aromatic rings. The minimum Gasteiger partial charge on any atom is -0.508 e. The molecule has 1 heterocycles. The summed E-state index contributed by atoms with van der Waals surface area (Å²) in [7, 11) is 0. The van der Waals surface area contributed by atoms with Gasteiger partial charge in [-0.15, -0.1) is 0 Å². The molecule has 1 aromatic carbocycles. The van der Waals surface area contributed by atoms with Gasteiger partial charge in [-0.3, -0.25) is 0 Å². The van der Waals surface area contributed by atoms with Crippen LogP contribution in [0.3, 0.4) is 0 Å². The molecule has 1 aliphatic rings. The van der Waals surface area contributed by atoms with Crippen LogP contribution in [0.4, 0.5) is 0 Å². The number of aliphatic hydroxyl groups is 1. The van der Waals surface area contributed by atoms with Crippen molar-refractivity contribution in [3.63, 3.8) is 0 Å². The molecule has 2 unspecified atom stereocenters. The highest BCUT2D eigenvalue weighted by Crippen LogP contribution is 2.32. The lowest BCUT2D eigenvalue weighted by Crippen LogP contribution is -2.44. The van der Waals surface area contributed by atoms with E-state index in [1.165, 1.54) is 0 Å². The van der Waals surface area contributed by atoms with E-state index < -0.39 is 5.60 Å². The average molecular weight is 236 g/mol. The van der Waals surface area contributed by atoms with Crippen LogP contribution in [0, 0.1) is 0 Å². The van der Waals surface area contributed by atoms with Crippen molar-refractivity contribution in [3.05, 3.63) is 29.8 Å². The summed E-state index contributed by atoms with van der Waals surface area (Å²) in [5, 5.41) is 20.0. The zero-order valence-electron chi connectivity index (χ0n) is 10.4. The Kier molecular flexibility index (Phi) is 3.40. The van der Waals surface area contributed by atoms with Gasteiger partial charge < -0.3 is 14.9 Å². The molecule has 0 aromatic heterocycles. The van der Waals surface area contributed by atoms with E-state index in [9.17, 15) is 10.2 Å². The number of phenolic OH excluding ortho intramolecular Hbond substituents is 1. The summed E-state index contributed by atoms with van der Waals surface area (Å²) >= 11 is 0. The van der Waals surface area contributed by atoms with Crippen LogP contribution < -0.4 is 0 Å². The number of phenols is 1. The Morgan fingerprint density at radius 2 is 1.94 bits per heavy atom. The second-order valence-electron chi connectivity index (χ2n) is 5.24. The van der Waals surface area contributed by atoms with Crippen molar-refractivity contribution in [3.8, 4) is 5.75 Å². The maximum absolute atomic E-state index is 10.6. The highest BCUT2D eigenvalue weighted by molar-refractivity contribution is 5.28. The van der Waals surface area contributed by atoms with Gasteiger partial charge in [0.2, 0.25) is 0 Å². The van der Waals surface area contributed by atoms with Gasteiger partial charge in [-0.25, -0.2) is 0 Å². The minimum atomic E-state index is -0.717. The van der Waals surface area contributed by atoms with E-state index in [0.29, 0.717) is 19.3 Å². The van der Waals surface area contributed by atoms with Crippen LogP contribution in [0.1, 0.15) is 32.3 Å². The second kappa shape index (κ2) is 4.67. The SMILES string of the molecule is CC1CC(O)(Cc2cccc(O)c2)CC(C)O1. The van der Waals surface area contributed by atoms with Crippen LogP contribution >= 0.6 is 0 Å². The van der Waals surface area contributed by atoms with Gasteiger partial charge >= 0.3 is 0 Å². The van der Waals surface area contributed by atoms with Gasteiger partial charge in [-0.05, 0) is 31.5 Å². The van der Waals surface area contributed by atoms with Crippen molar-refractivity contribution >= 4 is 0 Å². The molecule has 1 fully saturated rings. The van der Waals surface area contributed by atoms with Crippen LogP contribution in [0.15, 0.2) is 24.3 Å². The fourth-order valence-corrected chi connectivity index (χ4v) is 2.84. The second-order valence-corrected chi connectivity index (χ2v) is 5.24. The monoisotopic (exact) mass is 236 g/mol. The summed E-state index contributed by atoms with van der Waals surface area (Å²) in [5.74, 6) is 0.249. The predicted molar refractivity (Wildman–Crippen MR) is 66.0 cm³/mol. The molecule has 0 bridgehead atoms. The molecule has 3 nitrogen and oxygen atoms in total. The lowest BCUT2D eigenvalue weighted by Gasteiger charge is -2.39. The number of hydrogen-bond donors (Lipinski definition) is 2. The molecule has 2 N–H and O–H groups in total. The molecule has 0 radical (unpaired) electrons. The van der Waals surface area contributed by atoms with Crippen molar-refractivity contribution in [1.82, 2.24) is 0 Å². The maximum atomic E-state index is 10.6. The molecule has 1 aliphatic heterocycles. The average Bonchev–Trinajstić information content (AvgIpc) is 2.13. The number of ether oxygens (including phenoxy) is 1. The topological polar surface area (TPSA) is 49.7 Å². The summed E-state index contributed by atoms with van der Waals surface area (Å²) in [5.41, 5.74) is 0.249. The van der Waals surface area contributed by atoms with Crippen molar-refractivity contribution < 1.29 is 14.9 Å². The quantitative estimate of drug-likeness (QED) is 0.828. The third-order valence-corrected chi connectivity index (χ3v) is 3.24. The summed E-state index contributed by atoms with van der Waals surface area (Å²) in [4.78, 5) is 0. The number of benzene rings is 1. The van der Waals surface area contributed by atoms with Gasteiger partial charge in [0.1, 0.15) is 5.75 Å². The largest absolute Gasteiger partial charge is 0.508 e. The van der Waals surface area contributed by atoms with E-state index >= 15 is 0 Å². The summed E-state index contributed by atoms with van der Waals surface area (Å²) in [6, 6.07) is 7.09. The highest BCUT2D eigenvalue weighted by atomic mass is 16.5. The molecule has 0 aliphatic carbocycles. The van der Waals surface area contributed by atoms with Gasteiger partial charge in [0.25, 0.3) is 0 Å². The molecule has 0 saturated carbocycles. The van der Waals surface area contributed by atoms with Crippen molar-refractivity contribution in [2.24, 2.45) is 0 Å². The fourth-order valence-electron chi connectivity index (χ4n) is 2.84. The van der Waals surface area contributed by atoms with E-state index in [1.807, 2.05) is 19.9 Å². The number of hydrogen-bond acceptors (Lipinski definition) is 3. The Morgan fingerprint density at radius 1 is 1.29 bits per heavy atom. The van der Waals surface area contributed by atoms with E-state index in [0.717, 1.165) is 5.56 Å². The first kappa shape index (κ1) is 12.4. The van der Waals surface area contributed by atoms with Crippen molar-refractivity contribution in [1.29, 1.82) is 0 Å². The standard InChI is InChI=1S/C14H20O3/c1-10-7-14(16,8-11(2)17-10)9-12-4-3-5-13(15)6-12/h3-6,10-11,15-16H,7-9H2,1-2H3. The van der Waals surface area contributed by atoms with Crippen LogP contribution in [0.5, 0.6) is 5.75 Å². The predicted octanol–water partition coefficient (Wildman–Crippen LogP) is 2.25. The lowest BCUT2D eigenvalue weighted by molar-refractivity contribution is -0.130. The number of rotatable bonds is 2. The van der Waals surface area contributed by atoms with Crippen LogP contribution in [0.2, 0.25) is 0 Å². The Hall–Kier alpha value is -1.06. The smallest absolute Gasteiger partial charge is 0.115 e. The Labute approximate surface area is 102 Å². The normalized spacial score (nSPS) is 33.6. The van der Waals surface area contributed by atoms with Crippen LogP contribution in [-0.4, -0.2) is 28.0 Å². The third-order valence-electron chi connectivity index (χ3n) is 3.24. The van der Waals surface area contributed by atoms with Crippen molar-refractivity contribution in [2.75, 3.05) is 0 Å². The molecular weight excluding hydrogens is 216 g/mol. The van der Waals surface area contributed by atoms with Crippen LogP contribution in [0.25, 0.3) is 0 Å². The first-order valence-electron chi connectivity index (χ1n) is 6.13. The molecule has 0 amide bonds. The Balaban J connectivity index is 2.11. The lowest BCUT2D eigenvalue weighted by atomic mass is 9.82. The van der Waals surface area contributed by atoms with Gasteiger partial charge in [0.15, 0.2) is 0 Å². The van der Waals surface area contributed by atoms with E-state index in [2.05, 4.69) is 0 Å². The van der Waals surface area contributed by atoms with Gasteiger partial charge in [0, 0.05) is 19.3 Å². The molecule has 2 rings (SSSR count). The minimum absolute atomic E-state index is 0.0843. The van der Waals surface area contributed by atoms with E-state index in [4.69, 9.17) is 4.74 Å². The molecule has 0 spiro atoms. The summed E-state index contributed by atoms with van der Waals surface area (Å²) in [6.07, 6.45) is 2.03. The fraction of sp³-hybridized carbons (Fsp3) is 0.571. The zero-order chi connectivity index (χ0) is 12.5. The van der Waals surface area contributed by atoms with Crippen molar-refractivity contribution in [2.45, 2.75) is 50.9 Å². The first-order valence-corrected chi connectivity index (χ1v) is 6.13. The molecule has 3 heteroatoms. The third kappa shape index (κ3) is 3.20. The Bertz CT molecular complexity index is 379. The van der Waals surface area contributed by atoms with Gasteiger partial charge in [-0.2, -0.15) is 0 Å². The molecule has 17 heavy (non-hydrogen) atoms. The van der Waals surface area contributed by atoms with Gasteiger partial charge in [0.05, 0.1) is 17.8 Å². The van der Waals surface area contributed by atoms with E-state index in [1.54, 1.807) is 18.2 Å². The van der Waals surface area contributed by atoms with Gasteiger partial charge in [-0.1, -0.05) is 12.1 Å². The molecule has 1 saturated heterocycles. The molecular formula is C14H20O3. The summed E-state index contributed by atoms with van der Waals surface area (Å²) in [6.45, 7) is 3.98. The van der Waals surface area contributed by atoms with E-state index in [-0.39, 0.29) is 18.0 Å². The molecule has 94 valence electrons. The zero-order valence-corrected chi connectivity index (χ0v) is 10.4.